The normalized spacial score (nSPS) is 25.3. The van der Waals surface area contributed by atoms with Crippen LogP contribution in [0.5, 0.6) is 0 Å². The first-order valence-corrected chi connectivity index (χ1v) is 9.98. The molecule has 3 amide bonds. The number of hydroxylamine groups is 1. The van der Waals surface area contributed by atoms with Crippen molar-refractivity contribution in [3.05, 3.63) is 41.5 Å². The zero-order valence-electron chi connectivity index (χ0n) is 16.2. The molecule has 2 fully saturated rings. The van der Waals surface area contributed by atoms with Gasteiger partial charge in [-0.1, -0.05) is 18.2 Å². The van der Waals surface area contributed by atoms with E-state index < -0.39 is 23.8 Å². The van der Waals surface area contributed by atoms with Gasteiger partial charge in [-0.25, -0.2) is 5.48 Å². The lowest BCUT2D eigenvalue weighted by molar-refractivity contribution is -0.144. The van der Waals surface area contributed by atoms with E-state index in [-0.39, 0.29) is 11.3 Å². The molecule has 0 radical (unpaired) electrons. The second-order valence-corrected chi connectivity index (χ2v) is 8.35. The number of hydrogen-bond acceptors (Lipinski definition) is 5. The van der Waals surface area contributed by atoms with Gasteiger partial charge in [-0.3, -0.25) is 19.6 Å². The van der Waals surface area contributed by atoms with Gasteiger partial charge in [0.1, 0.15) is 0 Å². The fraction of sp³-hybridized carbons (Fsp3) is 0.476. The van der Waals surface area contributed by atoms with Gasteiger partial charge in [0.15, 0.2) is 0 Å². The number of benzene rings is 1. The molecular formula is C21H26N4O4. The lowest BCUT2D eigenvalue weighted by Crippen LogP contribution is -2.59. The van der Waals surface area contributed by atoms with Gasteiger partial charge in [0.05, 0.1) is 12.0 Å². The lowest BCUT2D eigenvalue weighted by Gasteiger charge is -2.38. The van der Waals surface area contributed by atoms with Crippen LogP contribution in [0.3, 0.4) is 0 Å². The Labute approximate surface area is 169 Å². The summed E-state index contributed by atoms with van der Waals surface area (Å²) in [5, 5.41) is 12.4. The van der Waals surface area contributed by atoms with Gasteiger partial charge >= 0.3 is 0 Å². The number of amides is 3. The number of nitrogens with zero attached hydrogens (tertiary/aromatic N) is 1. The molecule has 1 saturated carbocycles. The number of primary amides is 1. The predicted molar refractivity (Wildman–Crippen MR) is 106 cm³/mol. The van der Waals surface area contributed by atoms with Crippen molar-refractivity contribution in [1.82, 2.24) is 15.7 Å². The highest BCUT2D eigenvalue weighted by Crippen LogP contribution is 2.52. The van der Waals surface area contributed by atoms with Crippen molar-refractivity contribution in [2.24, 2.45) is 17.1 Å². The van der Waals surface area contributed by atoms with E-state index in [2.05, 4.69) is 5.32 Å². The largest absolute Gasteiger partial charge is 0.366 e. The van der Waals surface area contributed by atoms with Crippen LogP contribution in [0.15, 0.2) is 30.3 Å². The van der Waals surface area contributed by atoms with E-state index in [1.165, 1.54) is 0 Å². The Bertz CT molecular complexity index is 877. The number of nitrogens with two attached hydrogens (primary N) is 1. The van der Waals surface area contributed by atoms with Crippen molar-refractivity contribution < 1.29 is 19.6 Å². The van der Waals surface area contributed by atoms with Crippen LogP contribution in [0.25, 0.3) is 5.57 Å². The van der Waals surface area contributed by atoms with Crippen molar-refractivity contribution in [1.29, 1.82) is 0 Å². The van der Waals surface area contributed by atoms with Crippen molar-refractivity contribution in [2.75, 3.05) is 19.6 Å². The maximum atomic E-state index is 13.1. The molecule has 29 heavy (non-hydrogen) atoms. The van der Waals surface area contributed by atoms with Crippen molar-refractivity contribution in [2.45, 2.75) is 31.7 Å². The van der Waals surface area contributed by atoms with E-state index in [0.29, 0.717) is 31.5 Å². The summed E-state index contributed by atoms with van der Waals surface area (Å²) in [6, 6.07) is 6.55. The van der Waals surface area contributed by atoms with Crippen LogP contribution in [0.2, 0.25) is 0 Å². The molecule has 2 unspecified atom stereocenters. The summed E-state index contributed by atoms with van der Waals surface area (Å²) in [4.78, 5) is 38.4. The number of carbonyl (C=O) groups is 3. The number of nitrogens with one attached hydrogen (secondary N) is 2. The van der Waals surface area contributed by atoms with Gasteiger partial charge in [-0.15, -0.1) is 0 Å². The zero-order valence-corrected chi connectivity index (χ0v) is 16.2. The molecule has 1 aromatic carbocycles. The molecule has 2 aliphatic heterocycles. The average Bonchev–Trinajstić information content (AvgIpc) is 3.51. The second-order valence-electron chi connectivity index (χ2n) is 8.35. The van der Waals surface area contributed by atoms with Gasteiger partial charge in [0, 0.05) is 25.2 Å². The fourth-order valence-corrected chi connectivity index (χ4v) is 4.47. The summed E-state index contributed by atoms with van der Waals surface area (Å²) in [6.45, 7) is 1.70. The maximum absolute atomic E-state index is 13.1. The third-order valence-corrected chi connectivity index (χ3v) is 6.46. The van der Waals surface area contributed by atoms with E-state index in [9.17, 15) is 14.4 Å². The molecule has 3 aliphatic rings. The van der Waals surface area contributed by atoms with Crippen molar-refractivity contribution >= 4 is 23.3 Å². The predicted octanol–water partition coefficient (Wildman–Crippen LogP) is 0.665. The van der Waals surface area contributed by atoms with Gasteiger partial charge in [-0.05, 0) is 54.4 Å². The maximum Gasteiger partial charge on any atom is 0.248 e. The van der Waals surface area contributed by atoms with Crippen LogP contribution in [0.1, 0.15) is 41.6 Å². The Morgan fingerprint density at radius 1 is 1.28 bits per heavy atom. The van der Waals surface area contributed by atoms with E-state index in [0.717, 1.165) is 30.5 Å². The van der Waals surface area contributed by atoms with Crippen LogP contribution in [0, 0.1) is 11.3 Å². The van der Waals surface area contributed by atoms with Crippen LogP contribution in [-0.2, 0) is 9.59 Å². The molecule has 2 heterocycles. The highest BCUT2D eigenvalue weighted by atomic mass is 16.5. The van der Waals surface area contributed by atoms with Gasteiger partial charge < -0.3 is 16.0 Å². The minimum absolute atomic E-state index is 0.106. The van der Waals surface area contributed by atoms with Crippen LogP contribution < -0.4 is 16.5 Å². The summed E-state index contributed by atoms with van der Waals surface area (Å²) in [5.41, 5.74) is 9.65. The minimum atomic E-state index is -0.624. The standard InChI is InChI=1S/C21H26N4O4/c22-18(26)15-3-1-2-14(10-15)13-4-8-25(9-5-13)20(28)17-16(19(27)24-29)11-21(6-7-21)12-23-17/h1-4,10,16-17,23,29H,5-9,11-12H2,(H2,22,26)(H,24,27). The molecule has 154 valence electrons. The summed E-state index contributed by atoms with van der Waals surface area (Å²) in [6.07, 6.45) is 5.36. The molecular weight excluding hydrogens is 372 g/mol. The highest BCUT2D eigenvalue weighted by molar-refractivity contribution is 5.94. The first kappa shape index (κ1) is 19.6. The monoisotopic (exact) mass is 398 g/mol. The molecule has 8 nitrogen and oxygen atoms in total. The lowest BCUT2D eigenvalue weighted by atomic mass is 9.81. The minimum Gasteiger partial charge on any atom is -0.366 e. The Kier molecular flexibility index (Phi) is 5.14. The third-order valence-electron chi connectivity index (χ3n) is 6.46. The topological polar surface area (TPSA) is 125 Å². The quantitative estimate of drug-likeness (QED) is 0.438. The molecule has 8 heteroatoms. The van der Waals surface area contributed by atoms with E-state index >= 15 is 0 Å². The van der Waals surface area contributed by atoms with Crippen molar-refractivity contribution in [3.8, 4) is 0 Å². The molecule has 2 atom stereocenters. The number of carbonyl (C=O) groups excluding carboxylic acids is 3. The molecule has 0 aromatic heterocycles. The van der Waals surface area contributed by atoms with Gasteiger partial charge in [0.25, 0.3) is 0 Å². The highest BCUT2D eigenvalue weighted by Gasteiger charge is 2.52. The molecule has 5 N–H and O–H groups in total. The Morgan fingerprint density at radius 2 is 2.07 bits per heavy atom. The van der Waals surface area contributed by atoms with E-state index in [1.54, 1.807) is 28.6 Å². The summed E-state index contributed by atoms with van der Waals surface area (Å²) in [7, 11) is 0. The summed E-state index contributed by atoms with van der Waals surface area (Å²) < 4.78 is 0. The molecule has 0 bridgehead atoms. The Balaban J connectivity index is 1.46. The smallest absolute Gasteiger partial charge is 0.248 e. The van der Waals surface area contributed by atoms with Crippen LogP contribution in [0.4, 0.5) is 0 Å². The molecule has 1 aromatic rings. The van der Waals surface area contributed by atoms with E-state index in [4.69, 9.17) is 10.9 Å². The SMILES string of the molecule is NC(=O)c1cccc(C2=CCN(C(=O)C3NCC4(CC4)CC3C(=O)NO)CC2)c1. The zero-order chi connectivity index (χ0) is 20.6. The van der Waals surface area contributed by atoms with Crippen LogP contribution in [-0.4, -0.2) is 53.5 Å². The van der Waals surface area contributed by atoms with Crippen LogP contribution >= 0.6 is 0 Å². The third kappa shape index (κ3) is 3.90. The molecule has 1 saturated heterocycles. The first-order chi connectivity index (χ1) is 13.9. The Hall–Kier alpha value is -2.71. The Morgan fingerprint density at radius 3 is 2.69 bits per heavy atom. The van der Waals surface area contributed by atoms with Gasteiger partial charge in [0.2, 0.25) is 17.7 Å². The summed E-state index contributed by atoms with van der Waals surface area (Å²) >= 11 is 0. The fourth-order valence-electron chi connectivity index (χ4n) is 4.47. The number of hydrogen-bond donors (Lipinski definition) is 4. The molecule has 1 spiro atoms. The second kappa shape index (κ2) is 7.61. The first-order valence-electron chi connectivity index (χ1n) is 9.98. The number of rotatable bonds is 4. The molecule has 1 aliphatic carbocycles. The van der Waals surface area contributed by atoms with Crippen molar-refractivity contribution in [3.63, 3.8) is 0 Å². The summed E-state index contributed by atoms with van der Waals surface area (Å²) in [5.74, 6) is -1.65. The molecule has 4 rings (SSSR count). The average molecular weight is 398 g/mol. The van der Waals surface area contributed by atoms with Gasteiger partial charge in [-0.2, -0.15) is 0 Å². The van der Waals surface area contributed by atoms with E-state index in [1.807, 2.05) is 12.1 Å². The number of piperidine rings is 1.